The Morgan fingerprint density at radius 3 is 2.62 bits per heavy atom. The van der Waals surface area contributed by atoms with Crippen molar-refractivity contribution in [1.29, 1.82) is 0 Å². The molecule has 3 rings (SSSR count). The molecule has 24 heavy (non-hydrogen) atoms. The van der Waals surface area contributed by atoms with Crippen LogP contribution >= 0.6 is 11.3 Å². The van der Waals surface area contributed by atoms with Crippen molar-refractivity contribution in [3.8, 4) is 0 Å². The molecule has 2 aromatic rings. The van der Waals surface area contributed by atoms with E-state index in [-0.39, 0.29) is 24.4 Å². The monoisotopic (exact) mass is 348 g/mol. The largest absolute Gasteiger partial charge is 0.325 e. The van der Waals surface area contributed by atoms with Crippen LogP contribution in [0.1, 0.15) is 37.7 Å². The van der Waals surface area contributed by atoms with Crippen molar-refractivity contribution in [3.63, 3.8) is 0 Å². The zero-order chi connectivity index (χ0) is 17.5. The summed E-state index contributed by atoms with van der Waals surface area (Å²) < 4.78 is 1.63. The van der Waals surface area contributed by atoms with Crippen LogP contribution < -0.4 is 5.32 Å². The molecule has 3 amide bonds. The number of nitrogens with one attached hydrogen (secondary N) is 1. The third-order valence-corrected chi connectivity index (χ3v) is 5.12. The first-order chi connectivity index (χ1) is 11.2. The first-order valence-electron chi connectivity index (χ1n) is 7.63. The van der Waals surface area contributed by atoms with Gasteiger partial charge < -0.3 is 5.32 Å². The summed E-state index contributed by atoms with van der Waals surface area (Å²) in [4.78, 5) is 26.2. The first-order valence-corrected chi connectivity index (χ1v) is 8.45. The highest BCUT2D eigenvalue weighted by molar-refractivity contribution is 7.11. The quantitative estimate of drug-likeness (QED) is 0.846. The van der Waals surface area contributed by atoms with Gasteiger partial charge in [-0.15, -0.1) is 10.2 Å². The van der Waals surface area contributed by atoms with Gasteiger partial charge in [-0.25, -0.2) is 4.79 Å². The van der Waals surface area contributed by atoms with E-state index in [0.717, 1.165) is 5.01 Å². The second-order valence-corrected chi connectivity index (χ2v) is 8.17. The average molecular weight is 348 g/mol. The molecule has 0 saturated carbocycles. The molecule has 0 aliphatic carbocycles. The maximum absolute atomic E-state index is 12.7. The van der Waals surface area contributed by atoms with E-state index in [1.165, 1.54) is 16.2 Å². The molecule has 1 aliphatic heterocycles. The van der Waals surface area contributed by atoms with Gasteiger partial charge >= 0.3 is 6.03 Å². The van der Waals surface area contributed by atoms with Crippen LogP contribution in [0.4, 0.5) is 4.79 Å². The van der Waals surface area contributed by atoms with E-state index in [1.54, 1.807) is 30.1 Å². The van der Waals surface area contributed by atoms with E-state index in [9.17, 15) is 9.59 Å². The Balaban J connectivity index is 1.76. The van der Waals surface area contributed by atoms with Gasteiger partial charge in [-0.2, -0.15) is 5.10 Å². The number of urea groups is 1. The number of hydrogen-bond acceptors (Lipinski definition) is 6. The third-order valence-electron chi connectivity index (χ3n) is 3.78. The Hall–Kier alpha value is -2.29. The average Bonchev–Trinajstić information content (AvgIpc) is 3.17. The molecular weight excluding hydrogens is 328 g/mol. The van der Waals surface area contributed by atoms with E-state index in [0.29, 0.717) is 5.01 Å². The van der Waals surface area contributed by atoms with Gasteiger partial charge in [0.15, 0.2) is 0 Å². The van der Waals surface area contributed by atoms with Crippen LogP contribution in [0, 0.1) is 0 Å². The standard InChI is InChI=1S/C15H20N6O2S/c1-14(2,3)11-19-18-10(24-11)8-21-12(22)15(4,17-13(21)23)9-20-7-5-6-16-20/h5-7H,8-9H2,1-4H3,(H,17,23). The molecule has 8 nitrogen and oxygen atoms in total. The van der Waals surface area contributed by atoms with Crippen molar-refractivity contribution in [3.05, 3.63) is 28.5 Å². The summed E-state index contributed by atoms with van der Waals surface area (Å²) in [6, 6.07) is 1.36. The first kappa shape index (κ1) is 16.6. The number of amides is 3. The van der Waals surface area contributed by atoms with E-state index in [2.05, 4.69) is 20.6 Å². The topological polar surface area (TPSA) is 93.0 Å². The molecule has 1 N–H and O–H groups in total. The molecule has 1 unspecified atom stereocenters. The van der Waals surface area contributed by atoms with E-state index >= 15 is 0 Å². The summed E-state index contributed by atoms with van der Waals surface area (Å²) in [5.41, 5.74) is -1.12. The van der Waals surface area contributed by atoms with Crippen molar-refractivity contribution in [2.45, 2.75) is 51.7 Å². The van der Waals surface area contributed by atoms with Crippen LogP contribution in [0.25, 0.3) is 0 Å². The lowest BCUT2D eigenvalue weighted by Gasteiger charge is -2.21. The fourth-order valence-corrected chi connectivity index (χ4v) is 3.36. The lowest BCUT2D eigenvalue weighted by molar-refractivity contribution is -0.131. The zero-order valence-corrected chi connectivity index (χ0v) is 14.9. The molecule has 9 heteroatoms. The summed E-state index contributed by atoms with van der Waals surface area (Å²) in [6.07, 6.45) is 3.39. The molecule has 1 aliphatic rings. The summed E-state index contributed by atoms with van der Waals surface area (Å²) in [5.74, 6) is -0.282. The Morgan fingerprint density at radius 1 is 1.29 bits per heavy atom. The maximum atomic E-state index is 12.7. The molecule has 3 heterocycles. The summed E-state index contributed by atoms with van der Waals surface area (Å²) >= 11 is 1.42. The molecule has 0 aromatic carbocycles. The van der Waals surface area contributed by atoms with Gasteiger partial charge in [-0.05, 0) is 13.0 Å². The van der Waals surface area contributed by atoms with Gasteiger partial charge in [0, 0.05) is 17.8 Å². The van der Waals surface area contributed by atoms with Crippen LogP contribution in [0.3, 0.4) is 0 Å². The Kier molecular flexibility index (Phi) is 3.90. The third kappa shape index (κ3) is 3.03. The fraction of sp³-hybridized carbons (Fsp3) is 0.533. The minimum Gasteiger partial charge on any atom is -0.322 e. The molecule has 1 saturated heterocycles. The Morgan fingerprint density at radius 2 is 2.04 bits per heavy atom. The molecule has 0 spiro atoms. The normalized spacial score (nSPS) is 21.4. The number of rotatable bonds is 4. The number of carbonyl (C=O) groups excluding carboxylic acids is 2. The van der Waals surface area contributed by atoms with Crippen LogP contribution in [-0.2, 0) is 23.3 Å². The van der Waals surface area contributed by atoms with Crippen molar-refractivity contribution in [2.24, 2.45) is 0 Å². The summed E-state index contributed by atoms with van der Waals surface area (Å²) in [6.45, 7) is 8.26. The summed E-state index contributed by atoms with van der Waals surface area (Å²) in [7, 11) is 0. The lowest BCUT2D eigenvalue weighted by atomic mass is 9.98. The predicted molar refractivity (Wildman–Crippen MR) is 88.3 cm³/mol. The van der Waals surface area contributed by atoms with Crippen LogP contribution in [0.2, 0.25) is 0 Å². The molecule has 0 radical (unpaired) electrons. The highest BCUT2D eigenvalue weighted by Gasteiger charge is 2.48. The van der Waals surface area contributed by atoms with Gasteiger partial charge in [0.2, 0.25) is 0 Å². The second-order valence-electron chi connectivity index (χ2n) is 7.11. The van der Waals surface area contributed by atoms with Gasteiger partial charge in [0.1, 0.15) is 15.6 Å². The minimum atomic E-state index is -1.01. The van der Waals surface area contributed by atoms with E-state index in [4.69, 9.17) is 0 Å². The van der Waals surface area contributed by atoms with Crippen LogP contribution in [0.5, 0.6) is 0 Å². The fourth-order valence-electron chi connectivity index (χ4n) is 2.47. The maximum Gasteiger partial charge on any atom is 0.325 e. The van der Waals surface area contributed by atoms with Crippen LogP contribution in [0.15, 0.2) is 18.5 Å². The lowest BCUT2D eigenvalue weighted by Crippen LogP contribution is -2.47. The zero-order valence-electron chi connectivity index (χ0n) is 14.1. The Labute approximate surface area is 143 Å². The van der Waals surface area contributed by atoms with Gasteiger partial charge in [-0.3, -0.25) is 14.4 Å². The number of aromatic nitrogens is 4. The summed E-state index contributed by atoms with van der Waals surface area (Å²) in [5, 5.41) is 16.7. The van der Waals surface area contributed by atoms with Gasteiger partial charge in [-0.1, -0.05) is 32.1 Å². The van der Waals surface area contributed by atoms with Crippen molar-refractivity contribution in [2.75, 3.05) is 0 Å². The molecule has 2 aromatic heterocycles. The SMILES string of the molecule is CC1(Cn2cccn2)NC(=O)N(Cc2nnc(C(C)(C)C)s2)C1=O. The molecule has 0 bridgehead atoms. The Bertz CT molecular complexity index is 763. The van der Waals surface area contributed by atoms with Crippen molar-refractivity contribution < 1.29 is 9.59 Å². The smallest absolute Gasteiger partial charge is 0.322 e. The van der Waals surface area contributed by atoms with Crippen molar-refractivity contribution >= 4 is 23.3 Å². The van der Waals surface area contributed by atoms with Crippen molar-refractivity contribution in [1.82, 2.24) is 30.2 Å². The van der Waals surface area contributed by atoms with Gasteiger partial charge in [0.05, 0.1) is 13.1 Å². The van der Waals surface area contributed by atoms with E-state index < -0.39 is 11.6 Å². The molecule has 1 fully saturated rings. The molecule has 128 valence electrons. The number of nitrogens with zero attached hydrogens (tertiary/aromatic N) is 5. The van der Waals surface area contributed by atoms with Crippen LogP contribution in [-0.4, -0.2) is 42.4 Å². The number of hydrogen-bond donors (Lipinski definition) is 1. The molecular formula is C15H20N6O2S. The molecule has 1 atom stereocenters. The predicted octanol–water partition coefficient (Wildman–Crippen LogP) is 1.54. The van der Waals surface area contributed by atoms with Gasteiger partial charge in [0.25, 0.3) is 5.91 Å². The number of imide groups is 1. The second kappa shape index (κ2) is 5.66. The highest BCUT2D eigenvalue weighted by atomic mass is 32.1. The highest BCUT2D eigenvalue weighted by Crippen LogP contribution is 2.27. The minimum absolute atomic E-state index is 0.109. The number of carbonyl (C=O) groups is 2. The van der Waals surface area contributed by atoms with E-state index in [1.807, 2.05) is 20.8 Å².